The number of halogens is 3. The summed E-state index contributed by atoms with van der Waals surface area (Å²) in [6.07, 6.45) is 5.06. The Labute approximate surface area is 141 Å². The van der Waals surface area contributed by atoms with Gasteiger partial charge in [-0.3, -0.25) is 4.79 Å². The first-order valence-corrected chi connectivity index (χ1v) is 8.05. The number of carbonyl (C=O) groups excluding carboxylic acids is 1. The van der Waals surface area contributed by atoms with Crippen LogP contribution < -0.4 is 11.1 Å². The zero-order valence-electron chi connectivity index (χ0n) is 12.9. The van der Waals surface area contributed by atoms with Gasteiger partial charge in [-0.15, -0.1) is 12.4 Å². The maximum Gasteiger partial charge on any atom is 0.223 e. The molecule has 0 bridgehead atoms. The zero-order valence-corrected chi connectivity index (χ0v) is 13.8. The second kappa shape index (κ2) is 7.58. The first-order valence-electron chi connectivity index (χ1n) is 8.05. The summed E-state index contributed by atoms with van der Waals surface area (Å²) in [5.41, 5.74) is 6.49. The van der Waals surface area contributed by atoms with Crippen molar-refractivity contribution in [2.45, 2.75) is 44.1 Å². The van der Waals surface area contributed by atoms with Crippen molar-refractivity contribution < 1.29 is 13.6 Å². The van der Waals surface area contributed by atoms with E-state index >= 15 is 0 Å². The van der Waals surface area contributed by atoms with Gasteiger partial charge in [-0.25, -0.2) is 8.78 Å². The highest BCUT2D eigenvalue weighted by atomic mass is 35.5. The van der Waals surface area contributed by atoms with E-state index in [1.54, 1.807) is 6.07 Å². The average Bonchev–Trinajstić information content (AvgIpc) is 3.31. The molecule has 0 radical (unpaired) electrons. The van der Waals surface area contributed by atoms with Gasteiger partial charge in [0.25, 0.3) is 0 Å². The minimum atomic E-state index is -0.849. The summed E-state index contributed by atoms with van der Waals surface area (Å²) in [6.45, 7) is 0.599. The molecule has 1 aromatic carbocycles. The third-order valence-corrected chi connectivity index (χ3v) is 5.04. The molecule has 2 aliphatic carbocycles. The number of benzene rings is 1. The van der Waals surface area contributed by atoms with E-state index in [0.717, 1.165) is 25.3 Å². The van der Waals surface area contributed by atoms with Crippen molar-refractivity contribution in [3.63, 3.8) is 0 Å². The highest BCUT2D eigenvalue weighted by Crippen LogP contribution is 2.48. The van der Waals surface area contributed by atoms with Gasteiger partial charge in [-0.05, 0) is 55.3 Å². The van der Waals surface area contributed by atoms with Gasteiger partial charge in [0.2, 0.25) is 5.91 Å². The molecule has 0 saturated heterocycles. The van der Waals surface area contributed by atoms with Crippen molar-refractivity contribution in [3.05, 3.63) is 35.4 Å². The first kappa shape index (κ1) is 18.1. The lowest BCUT2D eigenvalue weighted by molar-refractivity contribution is -0.123. The number of rotatable bonds is 4. The largest absolute Gasteiger partial charge is 0.353 e. The van der Waals surface area contributed by atoms with Gasteiger partial charge >= 0.3 is 0 Å². The average molecular weight is 345 g/mol. The van der Waals surface area contributed by atoms with Crippen LogP contribution in [0.1, 0.15) is 43.6 Å². The van der Waals surface area contributed by atoms with E-state index in [2.05, 4.69) is 5.32 Å². The molecule has 6 heteroatoms. The van der Waals surface area contributed by atoms with E-state index < -0.39 is 11.6 Å². The Bertz CT molecular complexity index is 570. The molecule has 2 aliphatic rings. The number of carbonyl (C=O) groups is 1. The van der Waals surface area contributed by atoms with E-state index in [0.29, 0.717) is 24.4 Å². The van der Waals surface area contributed by atoms with Crippen molar-refractivity contribution in [1.29, 1.82) is 0 Å². The minimum Gasteiger partial charge on any atom is -0.353 e. The van der Waals surface area contributed by atoms with E-state index in [4.69, 9.17) is 5.73 Å². The molecule has 3 rings (SSSR count). The van der Waals surface area contributed by atoms with Crippen LogP contribution in [-0.2, 0) is 4.79 Å². The number of nitrogens with two attached hydrogens (primary N) is 1. The summed E-state index contributed by atoms with van der Waals surface area (Å²) in [5, 5.41) is 3.12. The fourth-order valence-electron chi connectivity index (χ4n) is 3.57. The molecule has 1 amide bonds. The normalized spacial score (nSPS) is 29.5. The minimum absolute atomic E-state index is 0. The first-order chi connectivity index (χ1) is 10.6. The van der Waals surface area contributed by atoms with E-state index in [1.807, 2.05) is 0 Å². The fourth-order valence-corrected chi connectivity index (χ4v) is 3.57. The van der Waals surface area contributed by atoms with Crippen molar-refractivity contribution in [2.75, 3.05) is 6.54 Å². The maximum atomic E-state index is 13.3. The zero-order chi connectivity index (χ0) is 15.7. The molecule has 3 nitrogen and oxygen atoms in total. The number of nitrogens with one attached hydrogen (secondary N) is 1. The lowest BCUT2D eigenvalue weighted by Crippen LogP contribution is -2.45. The lowest BCUT2D eigenvalue weighted by atomic mass is 9.84. The Balaban J connectivity index is 0.00000192. The summed E-state index contributed by atoms with van der Waals surface area (Å²) < 4.78 is 26.2. The summed E-state index contributed by atoms with van der Waals surface area (Å²) in [4.78, 5) is 12.4. The molecule has 128 valence electrons. The van der Waals surface area contributed by atoms with Crippen LogP contribution in [0.2, 0.25) is 0 Å². The second-order valence-electron chi connectivity index (χ2n) is 6.52. The summed E-state index contributed by atoms with van der Waals surface area (Å²) >= 11 is 0. The van der Waals surface area contributed by atoms with Crippen molar-refractivity contribution in [3.8, 4) is 0 Å². The smallest absolute Gasteiger partial charge is 0.223 e. The molecular weight excluding hydrogens is 322 g/mol. The highest BCUT2D eigenvalue weighted by molar-refractivity contribution is 5.85. The molecule has 0 heterocycles. The van der Waals surface area contributed by atoms with Gasteiger partial charge in [0.1, 0.15) is 0 Å². The number of amides is 1. The van der Waals surface area contributed by atoms with E-state index in [9.17, 15) is 13.6 Å². The van der Waals surface area contributed by atoms with Gasteiger partial charge < -0.3 is 11.1 Å². The maximum absolute atomic E-state index is 13.3. The fraction of sp³-hybridized carbons (Fsp3) is 0.588. The molecule has 0 spiro atoms. The predicted molar refractivity (Wildman–Crippen MR) is 87.4 cm³/mol. The monoisotopic (exact) mass is 344 g/mol. The van der Waals surface area contributed by atoms with Crippen LogP contribution in [-0.4, -0.2) is 18.5 Å². The number of hydrogen-bond donors (Lipinski definition) is 2. The molecule has 23 heavy (non-hydrogen) atoms. The molecule has 3 N–H and O–H groups in total. The second-order valence-corrected chi connectivity index (χ2v) is 6.52. The topological polar surface area (TPSA) is 55.1 Å². The Morgan fingerprint density at radius 2 is 1.96 bits per heavy atom. The van der Waals surface area contributed by atoms with Gasteiger partial charge in [0.15, 0.2) is 11.6 Å². The van der Waals surface area contributed by atoms with Crippen molar-refractivity contribution in [2.24, 2.45) is 17.6 Å². The Kier molecular flexibility index (Phi) is 5.98. The van der Waals surface area contributed by atoms with Crippen LogP contribution in [0.15, 0.2) is 18.2 Å². The molecule has 4 atom stereocenters. The molecular formula is C17H23ClF2N2O. The molecule has 4 unspecified atom stereocenters. The summed E-state index contributed by atoms with van der Waals surface area (Å²) in [7, 11) is 0. The van der Waals surface area contributed by atoms with Gasteiger partial charge in [-0.2, -0.15) is 0 Å². The molecule has 1 aromatic rings. The SMILES string of the molecule is Cl.NCC1CCCCC1NC(=O)C1CC1c1ccc(F)c(F)c1. The Hall–Kier alpha value is -1.20. The number of hydrogen-bond acceptors (Lipinski definition) is 2. The van der Waals surface area contributed by atoms with Gasteiger partial charge in [0, 0.05) is 12.0 Å². The predicted octanol–water partition coefficient (Wildman–Crippen LogP) is 3.12. The van der Waals surface area contributed by atoms with E-state index in [1.165, 1.54) is 12.5 Å². The Morgan fingerprint density at radius 1 is 1.22 bits per heavy atom. The Morgan fingerprint density at radius 3 is 2.65 bits per heavy atom. The standard InChI is InChI=1S/C17H22F2N2O.ClH/c18-14-6-5-10(7-15(14)19)12-8-13(12)17(22)21-16-4-2-1-3-11(16)9-20;/h5-7,11-13,16H,1-4,8-9,20H2,(H,21,22);1H. The third-order valence-electron chi connectivity index (χ3n) is 5.04. The summed E-state index contributed by atoms with van der Waals surface area (Å²) in [6, 6.07) is 4.07. The van der Waals surface area contributed by atoms with Crippen LogP contribution in [0.4, 0.5) is 8.78 Å². The van der Waals surface area contributed by atoms with Crippen molar-refractivity contribution in [1.82, 2.24) is 5.32 Å². The van der Waals surface area contributed by atoms with E-state index in [-0.39, 0.29) is 36.2 Å². The molecule has 2 fully saturated rings. The van der Waals surface area contributed by atoms with Crippen LogP contribution in [0.25, 0.3) is 0 Å². The third kappa shape index (κ3) is 4.01. The van der Waals surface area contributed by atoms with Crippen LogP contribution in [0.5, 0.6) is 0 Å². The van der Waals surface area contributed by atoms with Crippen LogP contribution in [0, 0.1) is 23.5 Å². The summed E-state index contributed by atoms with van der Waals surface area (Å²) in [5.74, 6) is -1.42. The molecule has 0 aliphatic heterocycles. The van der Waals surface area contributed by atoms with Gasteiger partial charge in [-0.1, -0.05) is 18.9 Å². The lowest BCUT2D eigenvalue weighted by Gasteiger charge is -2.31. The molecule has 0 aromatic heterocycles. The van der Waals surface area contributed by atoms with Crippen LogP contribution in [0.3, 0.4) is 0 Å². The highest BCUT2D eigenvalue weighted by Gasteiger charge is 2.45. The van der Waals surface area contributed by atoms with Crippen LogP contribution >= 0.6 is 12.4 Å². The quantitative estimate of drug-likeness (QED) is 0.881. The van der Waals surface area contributed by atoms with Gasteiger partial charge in [0.05, 0.1) is 0 Å². The molecule has 2 saturated carbocycles. The van der Waals surface area contributed by atoms with Crippen molar-refractivity contribution >= 4 is 18.3 Å².